The third-order valence-electron chi connectivity index (χ3n) is 11.4. The van der Waals surface area contributed by atoms with Crippen LogP contribution in [0.25, 0.3) is 0 Å². The average molecular weight is 754 g/mol. The smallest absolute Gasteiger partial charge is 0.225 e. The molecule has 2 heterocycles. The molecule has 1 fully saturated rings. The lowest BCUT2D eigenvalue weighted by Crippen LogP contribution is -2.58. The lowest BCUT2D eigenvalue weighted by Gasteiger charge is -2.48. The summed E-state index contributed by atoms with van der Waals surface area (Å²) in [6.07, 6.45) is 2.75. The molecule has 1 spiro atoms. The summed E-state index contributed by atoms with van der Waals surface area (Å²) >= 11 is 13.2. The molecule has 4 aromatic rings. The van der Waals surface area contributed by atoms with E-state index in [0.717, 1.165) is 48.2 Å². The molecule has 0 saturated carbocycles. The summed E-state index contributed by atoms with van der Waals surface area (Å²) in [4.78, 5) is 47.3. The molecule has 0 aliphatic carbocycles. The second-order valence-electron chi connectivity index (χ2n) is 15.1. The number of benzene rings is 4. The minimum atomic E-state index is -0.941. The third kappa shape index (κ3) is 8.33. The van der Waals surface area contributed by atoms with E-state index >= 15 is 0 Å². The molecule has 4 aromatic carbocycles. The van der Waals surface area contributed by atoms with Crippen molar-refractivity contribution in [1.29, 1.82) is 0 Å². The van der Waals surface area contributed by atoms with Crippen molar-refractivity contribution in [2.24, 2.45) is 5.92 Å². The number of carbonyl (C=O) groups is 3. The number of likely N-dealkylation sites (tertiary alicyclic amines) is 1. The SMILES string of the molecule is CC(C)C(=O)N(C)CC(CCN1CCC2(CC1)NC(=O)Cc1ccccc12)(c1ccc(Cl)c(Cl)c1)N(C)C(=O)CC(c1ccccc1)c1ccccc1. The number of carbonyl (C=O) groups excluding carboxylic acids is 3. The van der Waals surface area contributed by atoms with Gasteiger partial charge in [-0.25, -0.2) is 0 Å². The van der Waals surface area contributed by atoms with Crippen molar-refractivity contribution in [3.63, 3.8) is 0 Å². The van der Waals surface area contributed by atoms with Crippen molar-refractivity contribution in [2.75, 3.05) is 40.3 Å². The van der Waals surface area contributed by atoms with Crippen LogP contribution in [0.5, 0.6) is 0 Å². The van der Waals surface area contributed by atoms with Gasteiger partial charge in [0.05, 0.1) is 27.5 Å². The first-order valence-corrected chi connectivity index (χ1v) is 19.4. The van der Waals surface area contributed by atoms with E-state index in [4.69, 9.17) is 23.2 Å². The summed E-state index contributed by atoms with van der Waals surface area (Å²) in [6.45, 7) is 6.26. The fourth-order valence-electron chi connectivity index (χ4n) is 8.42. The van der Waals surface area contributed by atoms with Gasteiger partial charge in [-0.2, -0.15) is 0 Å². The highest BCUT2D eigenvalue weighted by Gasteiger charge is 2.45. The maximum absolute atomic E-state index is 14.9. The first-order chi connectivity index (χ1) is 25.4. The molecule has 278 valence electrons. The van der Waals surface area contributed by atoms with Crippen molar-refractivity contribution in [1.82, 2.24) is 20.0 Å². The Balaban J connectivity index is 1.34. The second-order valence-corrected chi connectivity index (χ2v) is 15.9. The first kappa shape index (κ1) is 38.6. The topological polar surface area (TPSA) is 73.0 Å². The molecule has 2 aliphatic heterocycles. The Kier molecular flexibility index (Phi) is 12.0. The summed E-state index contributed by atoms with van der Waals surface area (Å²) in [5.41, 5.74) is 3.94. The molecule has 1 N–H and O–H groups in total. The van der Waals surface area contributed by atoms with E-state index in [2.05, 4.69) is 52.7 Å². The van der Waals surface area contributed by atoms with Crippen LogP contribution in [0.2, 0.25) is 10.0 Å². The molecule has 0 radical (unpaired) electrons. The van der Waals surface area contributed by atoms with Gasteiger partial charge in [0.1, 0.15) is 0 Å². The highest BCUT2D eigenvalue weighted by molar-refractivity contribution is 6.42. The molecule has 3 amide bonds. The van der Waals surface area contributed by atoms with E-state index in [-0.39, 0.29) is 48.1 Å². The number of likely N-dealkylation sites (N-methyl/N-ethyl adjacent to an activating group) is 2. The average Bonchev–Trinajstić information content (AvgIpc) is 3.17. The number of rotatable bonds is 12. The van der Waals surface area contributed by atoms with Crippen molar-refractivity contribution < 1.29 is 14.4 Å². The molecule has 1 atom stereocenters. The third-order valence-corrected chi connectivity index (χ3v) is 12.2. The number of hydrogen-bond acceptors (Lipinski definition) is 4. The van der Waals surface area contributed by atoms with Gasteiger partial charge in [0.25, 0.3) is 0 Å². The zero-order valence-corrected chi connectivity index (χ0v) is 32.7. The molecule has 9 heteroatoms. The Bertz CT molecular complexity index is 1870. The molecule has 1 unspecified atom stereocenters. The van der Waals surface area contributed by atoms with Gasteiger partial charge < -0.3 is 20.0 Å². The van der Waals surface area contributed by atoms with E-state index in [1.165, 1.54) is 5.56 Å². The Morgan fingerprint density at radius 1 is 0.849 bits per heavy atom. The minimum absolute atomic E-state index is 0.00616. The van der Waals surface area contributed by atoms with Crippen molar-refractivity contribution in [3.05, 3.63) is 141 Å². The molecule has 53 heavy (non-hydrogen) atoms. The number of hydrogen-bond donors (Lipinski definition) is 1. The summed E-state index contributed by atoms with van der Waals surface area (Å²) in [5.74, 6) is -0.370. The van der Waals surface area contributed by atoms with E-state index < -0.39 is 5.54 Å². The summed E-state index contributed by atoms with van der Waals surface area (Å²) in [6, 6.07) is 34.1. The Morgan fingerprint density at radius 2 is 1.45 bits per heavy atom. The summed E-state index contributed by atoms with van der Waals surface area (Å²) < 4.78 is 0. The number of piperidine rings is 1. The van der Waals surface area contributed by atoms with E-state index in [0.29, 0.717) is 29.4 Å². The van der Waals surface area contributed by atoms with Crippen molar-refractivity contribution in [2.45, 2.75) is 62.9 Å². The molecule has 6 rings (SSSR count). The molecule has 1 saturated heterocycles. The summed E-state index contributed by atoms with van der Waals surface area (Å²) in [5, 5.41) is 4.17. The van der Waals surface area contributed by atoms with Crippen LogP contribution in [0.15, 0.2) is 103 Å². The molecule has 2 aliphatic rings. The normalized spacial score (nSPS) is 16.6. The number of halogens is 2. The molecular weight excluding hydrogens is 703 g/mol. The quantitative estimate of drug-likeness (QED) is 0.159. The number of amides is 3. The first-order valence-electron chi connectivity index (χ1n) is 18.6. The minimum Gasteiger partial charge on any atom is -0.346 e. The van der Waals surface area contributed by atoms with E-state index in [9.17, 15) is 14.4 Å². The molecule has 0 aromatic heterocycles. The Morgan fingerprint density at radius 3 is 2.06 bits per heavy atom. The molecule has 7 nitrogen and oxygen atoms in total. The Labute approximate surface area is 324 Å². The van der Waals surface area contributed by atoms with Gasteiger partial charge in [0.2, 0.25) is 17.7 Å². The monoisotopic (exact) mass is 752 g/mol. The molecule has 0 bridgehead atoms. The maximum Gasteiger partial charge on any atom is 0.225 e. The van der Waals surface area contributed by atoms with Gasteiger partial charge in [-0.05, 0) is 59.2 Å². The van der Waals surface area contributed by atoms with Gasteiger partial charge in [0, 0.05) is 58.5 Å². The summed E-state index contributed by atoms with van der Waals surface area (Å²) in [7, 11) is 3.68. The van der Waals surface area contributed by atoms with Crippen LogP contribution < -0.4 is 5.32 Å². The Hall–Kier alpha value is -4.17. The van der Waals surface area contributed by atoms with Gasteiger partial charge in [0.15, 0.2) is 0 Å². The van der Waals surface area contributed by atoms with Crippen LogP contribution >= 0.6 is 23.2 Å². The second kappa shape index (κ2) is 16.5. The zero-order chi connectivity index (χ0) is 37.8. The van der Waals surface area contributed by atoms with E-state index in [1.54, 1.807) is 11.0 Å². The number of fused-ring (bicyclic) bond motifs is 2. The predicted molar refractivity (Wildman–Crippen MR) is 213 cm³/mol. The standard InChI is InChI=1S/C44H50Cl2N4O3/c1-31(2)42(53)48(3)30-44(35-19-20-38(45)39(46)28-35,49(4)41(52)29-36(32-13-7-5-8-14-32)33-15-9-6-10-16-33)23-26-50-24-21-43(22-25-50)37-18-12-11-17-34(37)27-40(51)47-43/h5-20,28,31,36H,21-27,29-30H2,1-4H3,(H,47,51). The lowest BCUT2D eigenvalue weighted by atomic mass is 9.75. The fraction of sp³-hybridized carbons (Fsp3) is 0.386. The van der Waals surface area contributed by atoms with Gasteiger partial charge in [-0.15, -0.1) is 0 Å². The van der Waals surface area contributed by atoms with Crippen LogP contribution in [-0.4, -0.2) is 72.7 Å². The van der Waals surface area contributed by atoms with Crippen LogP contribution in [-0.2, 0) is 31.9 Å². The van der Waals surface area contributed by atoms with Crippen molar-refractivity contribution in [3.8, 4) is 0 Å². The maximum atomic E-state index is 14.9. The van der Waals surface area contributed by atoms with Crippen LogP contribution in [0.4, 0.5) is 0 Å². The van der Waals surface area contributed by atoms with Crippen molar-refractivity contribution >= 4 is 40.9 Å². The number of nitrogens with one attached hydrogen (secondary N) is 1. The van der Waals surface area contributed by atoms with Crippen LogP contribution in [0.1, 0.15) is 73.3 Å². The van der Waals surface area contributed by atoms with Gasteiger partial charge >= 0.3 is 0 Å². The van der Waals surface area contributed by atoms with Gasteiger partial charge in [-0.3, -0.25) is 14.4 Å². The predicted octanol–water partition coefficient (Wildman–Crippen LogP) is 8.04. The van der Waals surface area contributed by atoms with Gasteiger partial charge in [-0.1, -0.05) is 128 Å². The fourth-order valence-corrected chi connectivity index (χ4v) is 8.71. The highest BCUT2D eigenvalue weighted by Crippen LogP contribution is 2.41. The van der Waals surface area contributed by atoms with Crippen LogP contribution in [0, 0.1) is 5.92 Å². The zero-order valence-electron chi connectivity index (χ0n) is 31.2. The largest absolute Gasteiger partial charge is 0.346 e. The van der Waals surface area contributed by atoms with Crippen LogP contribution in [0.3, 0.4) is 0 Å². The van der Waals surface area contributed by atoms with E-state index in [1.807, 2.05) is 87.4 Å². The molecular formula is C44H50Cl2N4O3. The number of nitrogens with zero attached hydrogens (tertiary/aromatic N) is 3. The lowest BCUT2D eigenvalue weighted by molar-refractivity contribution is -0.143. The highest BCUT2D eigenvalue weighted by atomic mass is 35.5.